The van der Waals surface area contributed by atoms with Crippen molar-refractivity contribution in [1.29, 1.82) is 0 Å². The number of likely N-dealkylation sites (tertiary alicyclic amines) is 1. The van der Waals surface area contributed by atoms with Crippen LogP contribution in [-0.2, 0) is 12.1 Å². The molecular formula is C25H29F4N3O3. The van der Waals surface area contributed by atoms with Crippen LogP contribution in [0.25, 0.3) is 0 Å². The van der Waals surface area contributed by atoms with Crippen molar-refractivity contribution in [3.63, 3.8) is 0 Å². The molecule has 1 spiro atoms. The van der Waals surface area contributed by atoms with E-state index < -0.39 is 29.2 Å². The van der Waals surface area contributed by atoms with Gasteiger partial charge >= 0.3 is 6.18 Å². The maximum Gasteiger partial charge on any atom is 0.456 e. The molecule has 0 radical (unpaired) electrons. The zero-order valence-electron chi connectivity index (χ0n) is 20.2. The van der Waals surface area contributed by atoms with E-state index in [9.17, 15) is 27.2 Å². The Balaban J connectivity index is 1.57. The second-order valence-corrected chi connectivity index (χ2v) is 9.63. The molecule has 0 aliphatic carbocycles. The minimum absolute atomic E-state index is 0.0520. The average Bonchev–Trinajstić information content (AvgIpc) is 3.20. The van der Waals surface area contributed by atoms with Gasteiger partial charge in [0.25, 0.3) is 11.7 Å². The van der Waals surface area contributed by atoms with Crippen LogP contribution in [0.1, 0.15) is 60.2 Å². The molecule has 1 aromatic carbocycles. The predicted octanol–water partition coefficient (Wildman–Crippen LogP) is 4.62. The zero-order chi connectivity index (χ0) is 25.7. The molecule has 190 valence electrons. The lowest BCUT2D eigenvalue weighted by Crippen LogP contribution is -2.59. The first-order valence-electron chi connectivity index (χ1n) is 11.6. The SMILES string of the molecule is CC(C)Oc1ccc(C(=O)N2CCC3(CC2)c2ccc(C(=O)C(F)(F)F)n2C[C@@H](C)N3C)c(F)c1. The monoisotopic (exact) mass is 495 g/mol. The highest BCUT2D eigenvalue weighted by molar-refractivity contribution is 5.99. The van der Waals surface area contributed by atoms with Gasteiger partial charge in [0.05, 0.1) is 22.9 Å². The second-order valence-electron chi connectivity index (χ2n) is 9.63. The summed E-state index contributed by atoms with van der Waals surface area (Å²) in [4.78, 5) is 28.8. The second kappa shape index (κ2) is 8.96. The largest absolute Gasteiger partial charge is 0.491 e. The number of ether oxygens (including phenoxy) is 1. The number of halogens is 4. The fraction of sp³-hybridized carbons (Fsp3) is 0.520. The molecule has 10 heteroatoms. The molecule has 4 rings (SSSR count). The topological polar surface area (TPSA) is 54.8 Å². The predicted molar refractivity (Wildman–Crippen MR) is 121 cm³/mol. The number of piperidine rings is 1. The zero-order valence-corrected chi connectivity index (χ0v) is 20.2. The van der Waals surface area contributed by atoms with Crippen LogP contribution in [0.5, 0.6) is 5.75 Å². The summed E-state index contributed by atoms with van der Waals surface area (Å²) < 4.78 is 61.1. The Labute approximate surface area is 201 Å². The number of rotatable bonds is 4. The number of nitrogens with zero attached hydrogens (tertiary/aromatic N) is 3. The molecule has 1 aromatic heterocycles. The molecule has 2 aliphatic heterocycles. The number of amides is 1. The Morgan fingerprint density at radius 1 is 1.11 bits per heavy atom. The first-order valence-corrected chi connectivity index (χ1v) is 11.6. The number of hydrogen-bond donors (Lipinski definition) is 0. The van der Waals surface area contributed by atoms with Crippen LogP contribution in [0, 0.1) is 5.82 Å². The molecule has 0 bridgehead atoms. The number of carbonyl (C=O) groups excluding carboxylic acids is 2. The Bertz CT molecular complexity index is 1130. The molecule has 1 atom stereocenters. The molecule has 2 aliphatic rings. The molecule has 1 fully saturated rings. The minimum atomic E-state index is -4.95. The van der Waals surface area contributed by atoms with Crippen LogP contribution < -0.4 is 4.74 Å². The van der Waals surface area contributed by atoms with E-state index in [0.717, 1.165) is 0 Å². The first-order chi connectivity index (χ1) is 16.3. The number of hydrogen-bond acceptors (Lipinski definition) is 4. The van der Waals surface area contributed by atoms with Gasteiger partial charge in [-0.15, -0.1) is 0 Å². The normalized spacial score (nSPS) is 20.3. The van der Waals surface area contributed by atoms with Gasteiger partial charge in [0, 0.05) is 37.4 Å². The Kier molecular flexibility index (Phi) is 6.46. The van der Waals surface area contributed by atoms with Crippen molar-refractivity contribution < 1.29 is 31.9 Å². The molecule has 2 aromatic rings. The lowest BCUT2D eigenvalue weighted by molar-refractivity contribution is -0.0894. The van der Waals surface area contributed by atoms with Gasteiger partial charge < -0.3 is 14.2 Å². The van der Waals surface area contributed by atoms with Crippen molar-refractivity contribution in [2.75, 3.05) is 20.1 Å². The van der Waals surface area contributed by atoms with E-state index in [-0.39, 0.29) is 29.9 Å². The summed E-state index contributed by atoms with van der Waals surface area (Å²) in [5, 5.41) is 0. The quantitative estimate of drug-likeness (QED) is 0.459. The van der Waals surface area contributed by atoms with Gasteiger partial charge in [0.1, 0.15) is 11.6 Å². The summed E-state index contributed by atoms with van der Waals surface area (Å²) in [6.45, 7) is 6.40. The summed E-state index contributed by atoms with van der Waals surface area (Å²) in [7, 11) is 1.91. The van der Waals surface area contributed by atoms with Crippen LogP contribution in [0.3, 0.4) is 0 Å². The number of aromatic nitrogens is 1. The van der Waals surface area contributed by atoms with Crippen molar-refractivity contribution in [3.05, 3.63) is 53.1 Å². The highest BCUT2D eigenvalue weighted by Gasteiger charge is 2.49. The number of ketones is 1. The van der Waals surface area contributed by atoms with E-state index in [1.54, 1.807) is 17.0 Å². The van der Waals surface area contributed by atoms with E-state index in [2.05, 4.69) is 4.90 Å². The molecule has 0 N–H and O–H groups in total. The summed E-state index contributed by atoms with van der Waals surface area (Å²) in [6, 6.07) is 6.88. The molecular weight excluding hydrogens is 466 g/mol. The standard InChI is InChI=1S/C25H29F4N3O3/c1-15(2)35-17-5-6-18(19(26)13-17)23(34)31-11-9-24(10-12-31)21-8-7-20(22(33)25(27,28)29)32(21)14-16(3)30(24)4/h5-8,13,15-16H,9-12,14H2,1-4H3/t16-/m1/s1. The Morgan fingerprint density at radius 3 is 2.34 bits per heavy atom. The Hall–Kier alpha value is -2.88. The Morgan fingerprint density at radius 2 is 1.77 bits per heavy atom. The number of alkyl halides is 3. The summed E-state index contributed by atoms with van der Waals surface area (Å²) >= 11 is 0. The fourth-order valence-electron chi connectivity index (χ4n) is 5.28. The molecule has 1 amide bonds. The van der Waals surface area contributed by atoms with Gasteiger partial charge in [0.2, 0.25) is 0 Å². The van der Waals surface area contributed by atoms with Crippen LogP contribution in [0.2, 0.25) is 0 Å². The third-order valence-corrected chi connectivity index (χ3v) is 7.15. The van der Waals surface area contributed by atoms with Crippen molar-refractivity contribution in [1.82, 2.24) is 14.4 Å². The maximum atomic E-state index is 14.7. The number of fused-ring (bicyclic) bond motifs is 2. The third kappa shape index (κ3) is 4.44. The maximum absolute atomic E-state index is 14.7. The highest BCUT2D eigenvalue weighted by Crippen LogP contribution is 2.44. The van der Waals surface area contributed by atoms with Gasteiger partial charge in [-0.3, -0.25) is 14.5 Å². The average molecular weight is 496 g/mol. The van der Waals surface area contributed by atoms with Gasteiger partial charge in [0.15, 0.2) is 0 Å². The summed E-state index contributed by atoms with van der Waals surface area (Å²) in [5.74, 6) is -2.62. The minimum Gasteiger partial charge on any atom is -0.491 e. The van der Waals surface area contributed by atoms with E-state index >= 15 is 0 Å². The van der Waals surface area contributed by atoms with Crippen LogP contribution in [0.15, 0.2) is 30.3 Å². The van der Waals surface area contributed by atoms with Gasteiger partial charge in [-0.25, -0.2) is 4.39 Å². The van der Waals surface area contributed by atoms with Crippen LogP contribution in [0.4, 0.5) is 17.6 Å². The van der Waals surface area contributed by atoms with Gasteiger partial charge in [-0.1, -0.05) is 0 Å². The van der Waals surface area contributed by atoms with Crippen molar-refractivity contribution in [3.8, 4) is 5.75 Å². The fourth-order valence-corrected chi connectivity index (χ4v) is 5.28. The van der Waals surface area contributed by atoms with Crippen molar-refractivity contribution in [2.24, 2.45) is 0 Å². The number of Topliss-reactive ketones (excluding diaryl/α,β-unsaturated/α-hetero) is 1. The molecule has 6 nitrogen and oxygen atoms in total. The van der Waals surface area contributed by atoms with Gasteiger partial charge in [-0.2, -0.15) is 13.2 Å². The summed E-state index contributed by atoms with van der Waals surface area (Å²) in [6.07, 6.45) is -4.20. The molecule has 3 heterocycles. The summed E-state index contributed by atoms with van der Waals surface area (Å²) in [5.41, 5.74) is -0.411. The first kappa shape index (κ1) is 25.2. The molecule has 0 unspecified atom stereocenters. The smallest absolute Gasteiger partial charge is 0.456 e. The van der Waals surface area contributed by atoms with Gasteiger partial charge in [-0.05, 0) is 64.9 Å². The van der Waals surface area contributed by atoms with Crippen molar-refractivity contribution in [2.45, 2.75) is 64.0 Å². The van der Waals surface area contributed by atoms with Crippen molar-refractivity contribution >= 4 is 11.7 Å². The third-order valence-electron chi connectivity index (χ3n) is 7.15. The molecule has 0 saturated carbocycles. The van der Waals surface area contributed by atoms with E-state index in [1.165, 1.54) is 22.8 Å². The van der Waals surface area contributed by atoms with E-state index in [0.29, 0.717) is 37.4 Å². The lowest BCUT2D eigenvalue weighted by Gasteiger charge is -2.53. The number of benzene rings is 1. The molecule has 1 saturated heterocycles. The highest BCUT2D eigenvalue weighted by atomic mass is 19.4. The number of carbonyl (C=O) groups is 2. The number of likely N-dealkylation sites (N-methyl/N-ethyl adjacent to an activating group) is 1. The van der Waals surface area contributed by atoms with E-state index in [4.69, 9.17) is 4.74 Å². The van der Waals surface area contributed by atoms with E-state index in [1.807, 2.05) is 27.8 Å². The molecule has 35 heavy (non-hydrogen) atoms. The van der Waals surface area contributed by atoms with Crippen LogP contribution in [-0.4, -0.2) is 64.5 Å². The lowest BCUT2D eigenvalue weighted by atomic mass is 9.80. The van der Waals surface area contributed by atoms with Crippen LogP contribution >= 0.6 is 0 Å².